The summed E-state index contributed by atoms with van der Waals surface area (Å²) in [6, 6.07) is 0. The van der Waals surface area contributed by atoms with E-state index in [9.17, 15) is 0 Å². The Bertz CT molecular complexity index is 430. The minimum atomic E-state index is 0.257. The van der Waals surface area contributed by atoms with E-state index in [1.165, 1.54) is 38.5 Å². The van der Waals surface area contributed by atoms with Gasteiger partial charge in [-0.15, -0.1) is 0 Å². The Morgan fingerprint density at radius 1 is 1.10 bits per heavy atom. The molecule has 0 bridgehead atoms. The summed E-state index contributed by atoms with van der Waals surface area (Å²) in [6.45, 7) is 6.79. The van der Waals surface area contributed by atoms with Crippen molar-refractivity contribution in [3.05, 3.63) is 5.28 Å². The van der Waals surface area contributed by atoms with Crippen molar-refractivity contribution in [3.63, 3.8) is 0 Å². The van der Waals surface area contributed by atoms with Crippen LogP contribution in [0.2, 0.25) is 5.28 Å². The van der Waals surface area contributed by atoms with E-state index < -0.39 is 0 Å². The van der Waals surface area contributed by atoms with Gasteiger partial charge in [0.1, 0.15) is 0 Å². The summed E-state index contributed by atoms with van der Waals surface area (Å²) in [5, 5.41) is 3.56. The fraction of sp³-hybridized carbons (Fsp3) is 0.800. The zero-order chi connectivity index (χ0) is 15.1. The zero-order valence-corrected chi connectivity index (χ0v) is 13.9. The highest BCUT2D eigenvalue weighted by atomic mass is 35.5. The topological polar surface area (TPSA) is 53.9 Å². The number of hydrogen-bond acceptors (Lipinski definition) is 5. The lowest BCUT2D eigenvalue weighted by Gasteiger charge is -2.22. The molecular formula is C15H26ClN5. The van der Waals surface area contributed by atoms with Crippen molar-refractivity contribution >= 4 is 23.5 Å². The molecule has 0 aliphatic heterocycles. The normalized spacial score (nSPS) is 16.0. The summed E-state index contributed by atoms with van der Waals surface area (Å²) < 4.78 is 0. The quantitative estimate of drug-likeness (QED) is 0.831. The molecule has 0 spiro atoms. The van der Waals surface area contributed by atoms with Gasteiger partial charge in [0.05, 0.1) is 0 Å². The van der Waals surface area contributed by atoms with E-state index in [-0.39, 0.29) is 5.28 Å². The Balaban J connectivity index is 1.90. The van der Waals surface area contributed by atoms with E-state index in [0.717, 1.165) is 25.6 Å². The molecule has 1 N–H and O–H groups in total. The minimum Gasteiger partial charge on any atom is -0.354 e. The fourth-order valence-corrected chi connectivity index (χ4v) is 3.09. The molecule has 1 aliphatic carbocycles. The number of halogens is 1. The van der Waals surface area contributed by atoms with E-state index >= 15 is 0 Å². The standard InChI is InChI=1S/C15H26ClN5/c1-3-21(4-2)15-19-13(16)18-14(20-15)17-11-10-12-8-6-5-7-9-12/h12H,3-11H2,1-2H3,(H,17,18,19,20). The molecule has 0 aromatic carbocycles. The van der Waals surface area contributed by atoms with Gasteiger partial charge in [-0.2, -0.15) is 15.0 Å². The maximum absolute atomic E-state index is 6.01. The van der Waals surface area contributed by atoms with Crippen LogP contribution < -0.4 is 10.2 Å². The molecular weight excluding hydrogens is 286 g/mol. The molecule has 1 saturated carbocycles. The van der Waals surface area contributed by atoms with Crippen LogP contribution in [0.4, 0.5) is 11.9 Å². The Morgan fingerprint density at radius 2 is 1.81 bits per heavy atom. The van der Waals surface area contributed by atoms with Gasteiger partial charge in [0.25, 0.3) is 0 Å². The maximum Gasteiger partial charge on any atom is 0.231 e. The second-order valence-corrected chi connectivity index (χ2v) is 5.96. The van der Waals surface area contributed by atoms with Gasteiger partial charge in [0, 0.05) is 19.6 Å². The zero-order valence-electron chi connectivity index (χ0n) is 13.1. The highest BCUT2D eigenvalue weighted by molar-refractivity contribution is 6.28. The fourth-order valence-electron chi connectivity index (χ4n) is 2.93. The third-order valence-corrected chi connectivity index (χ3v) is 4.37. The molecule has 6 heteroatoms. The third-order valence-electron chi connectivity index (χ3n) is 4.20. The van der Waals surface area contributed by atoms with Crippen LogP contribution in [0.25, 0.3) is 0 Å². The SMILES string of the molecule is CCN(CC)c1nc(Cl)nc(NCCC2CCCCC2)n1. The van der Waals surface area contributed by atoms with Crippen LogP contribution in [0, 0.1) is 5.92 Å². The number of hydrogen-bond donors (Lipinski definition) is 1. The van der Waals surface area contributed by atoms with Gasteiger partial charge >= 0.3 is 0 Å². The molecule has 1 aliphatic rings. The van der Waals surface area contributed by atoms with E-state index in [1.807, 2.05) is 0 Å². The van der Waals surface area contributed by atoms with Crippen LogP contribution in [-0.4, -0.2) is 34.6 Å². The van der Waals surface area contributed by atoms with Crippen molar-refractivity contribution < 1.29 is 0 Å². The second kappa shape index (κ2) is 8.37. The molecule has 0 saturated heterocycles. The summed E-state index contributed by atoms with van der Waals surface area (Å²) in [4.78, 5) is 14.9. The van der Waals surface area contributed by atoms with Crippen LogP contribution >= 0.6 is 11.6 Å². The number of nitrogens with zero attached hydrogens (tertiary/aromatic N) is 4. The second-order valence-electron chi connectivity index (χ2n) is 5.62. The molecule has 0 amide bonds. The van der Waals surface area contributed by atoms with Crippen LogP contribution in [0.15, 0.2) is 0 Å². The molecule has 21 heavy (non-hydrogen) atoms. The van der Waals surface area contributed by atoms with Gasteiger partial charge in [0.2, 0.25) is 17.2 Å². The first-order valence-corrected chi connectivity index (χ1v) is 8.51. The summed E-state index contributed by atoms with van der Waals surface area (Å²) in [5.41, 5.74) is 0. The Labute approximate surface area is 132 Å². The van der Waals surface area contributed by atoms with Crippen molar-refractivity contribution in [2.75, 3.05) is 29.9 Å². The first-order chi connectivity index (χ1) is 10.2. The Morgan fingerprint density at radius 3 is 2.48 bits per heavy atom. The first-order valence-electron chi connectivity index (χ1n) is 8.13. The summed E-state index contributed by atoms with van der Waals surface area (Å²) in [5.74, 6) is 2.10. The van der Waals surface area contributed by atoms with Gasteiger partial charge in [-0.3, -0.25) is 0 Å². The van der Waals surface area contributed by atoms with Crippen molar-refractivity contribution in [2.24, 2.45) is 5.92 Å². The molecule has 1 fully saturated rings. The molecule has 118 valence electrons. The number of nitrogens with one attached hydrogen (secondary N) is 1. The summed E-state index contributed by atoms with van der Waals surface area (Å²) in [6.07, 6.45) is 8.08. The largest absolute Gasteiger partial charge is 0.354 e. The molecule has 1 aromatic heterocycles. The van der Waals surface area contributed by atoms with Crippen LogP contribution in [-0.2, 0) is 0 Å². The molecule has 1 heterocycles. The summed E-state index contributed by atoms with van der Waals surface area (Å²) in [7, 11) is 0. The molecule has 5 nitrogen and oxygen atoms in total. The van der Waals surface area contributed by atoms with Crippen LogP contribution in [0.1, 0.15) is 52.4 Å². The predicted molar refractivity (Wildman–Crippen MR) is 88.1 cm³/mol. The average Bonchev–Trinajstić information content (AvgIpc) is 2.49. The first kappa shape index (κ1) is 16.3. The van der Waals surface area contributed by atoms with Crippen molar-refractivity contribution in [2.45, 2.75) is 52.4 Å². The van der Waals surface area contributed by atoms with Crippen LogP contribution in [0.3, 0.4) is 0 Å². The smallest absolute Gasteiger partial charge is 0.231 e. The Kier molecular flexibility index (Phi) is 6.49. The van der Waals surface area contributed by atoms with E-state index in [0.29, 0.717) is 11.9 Å². The monoisotopic (exact) mass is 311 g/mol. The van der Waals surface area contributed by atoms with E-state index in [2.05, 4.69) is 39.0 Å². The third kappa shape index (κ3) is 4.99. The average molecular weight is 312 g/mol. The van der Waals surface area contributed by atoms with Gasteiger partial charge in [-0.1, -0.05) is 32.1 Å². The highest BCUT2D eigenvalue weighted by Crippen LogP contribution is 2.26. The molecule has 0 radical (unpaired) electrons. The lowest BCUT2D eigenvalue weighted by atomic mass is 9.87. The molecule has 0 unspecified atom stereocenters. The van der Waals surface area contributed by atoms with Gasteiger partial charge in [0.15, 0.2) is 0 Å². The lowest BCUT2D eigenvalue weighted by molar-refractivity contribution is 0.345. The molecule has 1 aromatic rings. The van der Waals surface area contributed by atoms with E-state index in [1.54, 1.807) is 0 Å². The van der Waals surface area contributed by atoms with Gasteiger partial charge in [-0.25, -0.2) is 0 Å². The highest BCUT2D eigenvalue weighted by Gasteiger charge is 2.14. The number of aromatic nitrogens is 3. The van der Waals surface area contributed by atoms with Crippen molar-refractivity contribution in [1.29, 1.82) is 0 Å². The van der Waals surface area contributed by atoms with E-state index in [4.69, 9.17) is 11.6 Å². The molecule has 2 rings (SSSR count). The Hall–Kier alpha value is -1.10. The lowest BCUT2D eigenvalue weighted by Crippen LogP contribution is -2.25. The van der Waals surface area contributed by atoms with Gasteiger partial charge in [-0.05, 0) is 37.8 Å². The van der Waals surface area contributed by atoms with Crippen molar-refractivity contribution in [3.8, 4) is 0 Å². The number of rotatable bonds is 7. The number of anilines is 2. The predicted octanol–water partition coefficient (Wildman–Crippen LogP) is 3.75. The maximum atomic E-state index is 6.01. The summed E-state index contributed by atoms with van der Waals surface area (Å²) >= 11 is 6.01. The van der Waals surface area contributed by atoms with Crippen molar-refractivity contribution in [1.82, 2.24) is 15.0 Å². The van der Waals surface area contributed by atoms with Gasteiger partial charge < -0.3 is 10.2 Å². The van der Waals surface area contributed by atoms with Crippen LogP contribution in [0.5, 0.6) is 0 Å². The minimum absolute atomic E-state index is 0.257. The molecule has 0 atom stereocenters.